The highest BCUT2D eigenvalue weighted by atomic mass is 35.5. The van der Waals surface area contributed by atoms with Crippen molar-refractivity contribution in [1.82, 2.24) is 4.90 Å². The van der Waals surface area contributed by atoms with Crippen molar-refractivity contribution in [3.05, 3.63) is 21.3 Å². The van der Waals surface area contributed by atoms with Gasteiger partial charge in [0.05, 0.1) is 10.4 Å². The Morgan fingerprint density at radius 2 is 1.88 bits per heavy atom. The molecule has 1 N–H and O–H groups in total. The third-order valence-electron chi connectivity index (χ3n) is 2.72. The normalized spacial score (nSPS) is 13.2. The van der Waals surface area contributed by atoms with Crippen molar-refractivity contribution in [3.8, 4) is 0 Å². The number of hydrogen-bond acceptors (Lipinski definition) is 3. The smallest absolute Gasteiger partial charge is 0.0932 e. The Balaban J connectivity index is 2.37. The summed E-state index contributed by atoms with van der Waals surface area (Å²) in [7, 11) is 0. The summed E-state index contributed by atoms with van der Waals surface area (Å²) in [5.41, 5.74) is 0. The Labute approximate surface area is 113 Å². The molecule has 0 spiro atoms. The fraction of sp³-hybridized carbons (Fsp3) is 0.692. The van der Waals surface area contributed by atoms with E-state index in [0.717, 1.165) is 35.3 Å². The second kappa shape index (κ2) is 8.09. The van der Waals surface area contributed by atoms with Crippen molar-refractivity contribution in [2.75, 3.05) is 19.6 Å². The first kappa shape index (κ1) is 15.0. The minimum absolute atomic E-state index is 0.372. The van der Waals surface area contributed by atoms with E-state index < -0.39 is 0 Å². The lowest BCUT2D eigenvalue weighted by atomic mass is 10.2. The Bertz CT molecular complexity index is 310. The Morgan fingerprint density at radius 3 is 2.35 bits per heavy atom. The van der Waals surface area contributed by atoms with Crippen LogP contribution in [0.4, 0.5) is 0 Å². The number of hydrogen-bond donors (Lipinski definition) is 1. The van der Waals surface area contributed by atoms with E-state index in [1.165, 1.54) is 24.2 Å². The van der Waals surface area contributed by atoms with Crippen LogP contribution in [-0.2, 0) is 0 Å². The minimum atomic E-state index is -0.372. The van der Waals surface area contributed by atoms with Crippen molar-refractivity contribution in [2.24, 2.45) is 0 Å². The molecule has 0 aliphatic heterocycles. The molecule has 98 valence electrons. The lowest BCUT2D eigenvalue weighted by Gasteiger charge is -2.22. The van der Waals surface area contributed by atoms with E-state index in [0.29, 0.717) is 0 Å². The molecule has 1 heterocycles. The molecule has 1 aromatic rings. The molecule has 0 aliphatic rings. The molecule has 0 amide bonds. The highest BCUT2D eigenvalue weighted by Crippen LogP contribution is 2.28. The van der Waals surface area contributed by atoms with Crippen molar-refractivity contribution in [1.29, 1.82) is 0 Å². The fourth-order valence-electron chi connectivity index (χ4n) is 1.92. The predicted molar refractivity (Wildman–Crippen MR) is 75.9 cm³/mol. The molecular weight excluding hydrogens is 254 g/mol. The zero-order chi connectivity index (χ0) is 12.7. The fourth-order valence-corrected chi connectivity index (χ4v) is 3.00. The molecule has 0 saturated heterocycles. The maximum absolute atomic E-state index is 10.0. The first-order valence-corrected chi connectivity index (χ1v) is 7.52. The molecule has 1 aromatic heterocycles. The van der Waals surface area contributed by atoms with Gasteiger partial charge in [0.1, 0.15) is 0 Å². The number of aliphatic hydroxyl groups excluding tert-OH is 1. The second-order valence-electron chi connectivity index (χ2n) is 4.29. The zero-order valence-corrected chi connectivity index (χ0v) is 12.2. The molecule has 0 aliphatic carbocycles. The van der Waals surface area contributed by atoms with E-state index >= 15 is 0 Å². The van der Waals surface area contributed by atoms with Crippen molar-refractivity contribution in [2.45, 2.75) is 39.2 Å². The van der Waals surface area contributed by atoms with E-state index in [1.54, 1.807) is 0 Å². The van der Waals surface area contributed by atoms with E-state index in [-0.39, 0.29) is 6.10 Å². The number of rotatable bonds is 8. The number of thiophene rings is 1. The lowest BCUT2D eigenvalue weighted by Crippen LogP contribution is -2.27. The highest BCUT2D eigenvalue weighted by Gasteiger charge is 2.12. The maximum atomic E-state index is 10.0. The summed E-state index contributed by atoms with van der Waals surface area (Å²) in [4.78, 5) is 3.39. The van der Waals surface area contributed by atoms with Gasteiger partial charge in [0.25, 0.3) is 0 Å². The Hall–Kier alpha value is -0.0900. The monoisotopic (exact) mass is 275 g/mol. The summed E-state index contributed by atoms with van der Waals surface area (Å²) < 4.78 is 0.748. The topological polar surface area (TPSA) is 23.5 Å². The van der Waals surface area contributed by atoms with Gasteiger partial charge in [-0.1, -0.05) is 25.4 Å². The van der Waals surface area contributed by atoms with Crippen molar-refractivity contribution < 1.29 is 5.11 Å². The quantitative estimate of drug-likeness (QED) is 0.777. The molecular formula is C13H22ClNOS. The molecule has 4 heteroatoms. The van der Waals surface area contributed by atoms with Gasteiger partial charge in [0.15, 0.2) is 0 Å². The van der Waals surface area contributed by atoms with Gasteiger partial charge in [-0.2, -0.15) is 0 Å². The van der Waals surface area contributed by atoms with Gasteiger partial charge >= 0.3 is 0 Å². The summed E-state index contributed by atoms with van der Waals surface area (Å²) in [6.07, 6.45) is 2.75. The lowest BCUT2D eigenvalue weighted by molar-refractivity contribution is 0.144. The van der Waals surface area contributed by atoms with E-state index in [9.17, 15) is 5.11 Å². The van der Waals surface area contributed by atoms with Crippen molar-refractivity contribution >= 4 is 22.9 Å². The zero-order valence-electron chi connectivity index (χ0n) is 10.7. The van der Waals surface area contributed by atoms with Gasteiger partial charge in [-0.15, -0.1) is 11.3 Å². The van der Waals surface area contributed by atoms with E-state index in [1.807, 2.05) is 12.1 Å². The molecule has 0 saturated carbocycles. The summed E-state index contributed by atoms with van der Waals surface area (Å²) in [5, 5.41) is 10.0. The molecule has 0 fully saturated rings. The van der Waals surface area contributed by atoms with Crippen LogP contribution in [-0.4, -0.2) is 29.6 Å². The van der Waals surface area contributed by atoms with Crippen LogP contribution >= 0.6 is 22.9 Å². The van der Waals surface area contributed by atoms with Gasteiger partial charge in [-0.05, 0) is 44.5 Å². The summed E-state index contributed by atoms with van der Waals surface area (Å²) in [6, 6.07) is 3.77. The Kier molecular flexibility index (Phi) is 7.12. The third kappa shape index (κ3) is 5.38. The summed E-state index contributed by atoms with van der Waals surface area (Å²) in [6.45, 7) is 7.58. The molecule has 0 aromatic carbocycles. The standard InChI is InChI=1S/C13H22ClNOS/c1-3-8-15(9-4-2)10-7-11(16)12-5-6-13(14)17-12/h5-6,11,16H,3-4,7-10H2,1-2H3. The average molecular weight is 276 g/mol. The maximum Gasteiger partial charge on any atom is 0.0932 e. The van der Waals surface area contributed by atoms with E-state index in [2.05, 4.69) is 18.7 Å². The molecule has 1 unspecified atom stereocenters. The van der Waals surface area contributed by atoms with Crippen LogP contribution in [0.15, 0.2) is 12.1 Å². The van der Waals surface area contributed by atoms with Crippen molar-refractivity contribution in [3.63, 3.8) is 0 Å². The average Bonchev–Trinajstić information content (AvgIpc) is 2.73. The summed E-state index contributed by atoms with van der Waals surface area (Å²) in [5.74, 6) is 0. The van der Waals surface area contributed by atoms with Crippen LogP contribution in [0.2, 0.25) is 4.34 Å². The third-order valence-corrected chi connectivity index (χ3v) is 4.05. The van der Waals surface area contributed by atoms with Gasteiger partial charge in [0, 0.05) is 11.4 Å². The summed E-state index contributed by atoms with van der Waals surface area (Å²) >= 11 is 7.33. The van der Waals surface area contributed by atoms with Gasteiger partial charge < -0.3 is 10.0 Å². The largest absolute Gasteiger partial charge is 0.388 e. The number of aliphatic hydroxyl groups is 1. The molecule has 2 nitrogen and oxygen atoms in total. The minimum Gasteiger partial charge on any atom is -0.388 e. The molecule has 0 radical (unpaired) electrons. The molecule has 17 heavy (non-hydrogen) atoms. The van der Waals surface area contributed by atoms with Crippen LogP contribution in [0, 0.1) is 0 Å². The van der Waals surface area contributed by atoms with Crippen LogP contribution in [0.1, 0.15) is 44.1 Å². The first-order chi connectivity index (χ1) is 8.17. The van der Waals surface area contributed by atoms with Crippen LogP contribution < -0.4 is 0 Å². The van der Waals surface area contributed by atoms with Gasteiger partial charge in [0.2, 0.25) is 0 Å². The number of halogens is 1. The molecule has 1 atom stereocenters. The van der Waals surface area contributed by atoms with E-state index in [4.69, 9.17) is 11.6 Å². The predicted octanol–water partition coefficient (Wildman–Crippen LogP) is 3.95. The van der Waals surface area contributed by atoms with Crippen LogP contribution in [0.5, 0.6) is 0 Å². The SMILES string of the molecule is CCCN(CCC)CCC(O)c1ccc(Cl)s1. The van der Waals surface area contributed by atoms with Crippen LogP contribution in [0.25, 0.3) is 0 Å². The second-order valence-corrected chi connectivity index (χ2v) is 6.03. The van der Waals surface area contributed by atoms with Gasteiger partial charge in [-0.3, -0.25) is 0 Å². The molecule has 1 rings (SSSR count). The Morgan fingerprint density at radius 1 is 1.24 bits per heavy atom. The molecule has 0 bridgehead atoms. The number of nitrogens with zero attached hydrogens (tertiary/aromatic N) is 1. The van der Waals surface area contributed by atoms with Gasteiger partial charge in [-0.25, -0.2) is 0 Å². The first-order valence-electron chi connectivity index (χ1n) is 6.33. The van der Waals surface area contributed by atoms with Crippen LogP contribution in [0.3, 0.4) is 0 Å². The highest BCUT2D eigenvalue weighted by molar-refractivity contribution is 7.16.